The Kier molecular flexibility index (Phi) is 2.67. The minimum atomic E-state index is -0.674. The van der Waals surface area contributed by atoms with Crippen LogP contribution in [0.3, 0.4) is 0 Å². The second-order valence-corrected chi connectivity index (χ2v) is 5.73. The van der Waals surface area contributed by atoms with E-state index in [1.807, 2.05) is 6.92 Å². The van der Waals surface area contributed by atoms with Gasteiger partial charge in [-0.15, -0.1) is 0 Å². The Balaban J connectivity index is 1.74. The molecule has 2 atom stereocenters. The van der Waals surface area contributed by atoms with Crippen molar-refractivity contribution in [2.75, 3.05) is 13.1 Å². The Morgan fingerprint density at radius 1 is 1.50 bits per heavy atom. The first kappa shape index (κ1) is 11.7. The van der Waals surface area contributed by atoms with Crippen molar-refractivity contribution in [3.8, 4) is 0 Å². The first-order valence-corrected chi connectivity index (χ1v) is 6.67. The maximum Gasteiger partial charge on any atom is 0.323 e. The van der Waals surface area contributed by atoms with E-state index in [2.05, 4.69) is 29.2 Å². The molecule has 1 aromatic carbocycles. The van der Waals surface area contributed by atoms with Gasteiger partial charge in [-0.05, 0) is 43.9 Å². The number of hydrogen-bond donors (Lipinski definition) is 1. The number of likely N-dealkylation sites (tertiary alicyclic amines) is 1. The average Bonchev–Trinajstić information content (AvgIpc) is 2.69. The van der Waals surface area contributed by atoms with Crippen molar-refractivity contribution in [3.63, 3.8) is 0 Å². The number of carboxylic acid groups (broad SMARTS) is 1. The monoisotopic (exact) mass is 245 g/mol. The first-order chi connectivity index (χ1) is 8.61. The van der Waals surface area contributed by atoms with Crippen LogP contribution in [-0.2, 0) is 11.2 Å². The number of carbonyl (C=O) groups is 1. The topological polar surface area (TPSA) is 40.5 Å². The molecule has 18 heavy (non-hydrogen) atoms. The molecule has 1 aromatic rings. The lowest BCUT2D eigenvalue weighted by Gasteiger charge is -2.38. The summed E-state index contributed by atoms with van der Waals surface area (Å²) in [6, 6.07) is 8.50. The lowest BCUT2D eigenvalue weighted by Crippen LogP contribution is -2.50. The van der Waals surface area contributed by atoms with Crippen LogP contribution in [0.1, 0.15) is 36.8 Å². The molecule has 96 valence electrons. The third kappa shape index (κ3) is 1.65. The average molecular weight is 245 g/mol. The van der Waals surface area contributed by atoms with E-state index in [0.717, 1.165) is 32.4 Å². The van der Waals surface area contributed by atoms with Crippen LogP contribution in [0.5, 0.6) is 0 Å². The molecule has 2 aliphatic rings. The molecule has 0 bridgehead atoms. The van der Waals surface area contributed by atoms with E-state index in [1.165, 1.54) is 11.1 Å². The van der Waals surface area contributed by atoms with Gasteiger partial charge in [0.15, 0.2) is 0 Å². The van der Waals surface area contributed by atoms with Gasteiger partial charge < -0.3 is 5.11 Å². The van der Waals surface area contributed by atoms with Crippen LogP contribution < -0.4 is 0 Å². The lowest BCUT2D eigenvalue weighted by molar-refractivity contribution is -0.148. The van der Waals surface area contributed by atoms with Crippen molar-refractivity contribution >= 4 is 5.97 Å². The van der Waals surface area contributed by atoms with E-state index in [4.69, 9.17) is 0 Å². The van der Waals surface area contributed by atoms with Gasteiger partial charge in [0.25, 0.3) is 0 Å². The minimum absolute atomic E-state index is 0.526. The van der Waals surface area contributed by atoms with Gasteiger partial charge in [0.05, 0.1) is 0 Å². The molecule has 3 rings (SSSR count). The highest BCUT2D eigenvalue weighted by atomic mass is 16.4. The highest BCUT2D eigenvalue weighted by Crippen LogP contribution is 2.38. The van der Waals surface area contributed by atoms with E-state index in [-0.39, 0.29) is 0 Å². The standard InChI is InChI=1S/C15H19NO2/c1-15(14(17)18)7-4-8-16(15)10-12-9-11-5-2-3-6-13(11)12/h2-3,5-6,12H,4,7-10H2,1H3,(H,17,18). The predicted octanol–water partition coefficient (Wildman–Crippen LogP) is 2.27. The van der Waals surface area contributed by atoms with Crippen molar-refractivity contribution in [2.24, 2.45) is 0 Å². The SMILES string of the molecule is CC1(C(=O)O)CCCN1CC1Cc2ccccc21. The lowest BCUT2D eigenvalue weighted by atomic mass is 9.77. The summed E-state index contributed by atoms with van der Waals surface area (Å²) in [5, 5.41) is 9.40. The highest BCUT2D eigenvalue weighted by molar-refractivity contribution is 5.78. The molecule has 1 aliphatic heterocycles. The highest BCUT2D eigenvalue weighted by Gasteiger charge is 2.44. The van der Waals surface area contributed by atoms with E-state index >= 15 is 0 Å². The van der Waals surface area contributed by atoms with Gasteiger partial charge >= 0.3 is 5.97 Å². The molecule has 0 spiro atoms. The fraction of sp³-hybridized carbons (Fsp3) is 0.533. The molecule has 0 saturated carbocycles. The van der Waals surface area contributed by atoms with E-state index < -0.39 is 11.5 Å². The Bertz CT molecular complexity index is 485. The maximum absolute atomic E-state index is 11.4. The molecule has 0 aromatic heterocycles. The quantitative estimate of drug-likeness (QED) is 0.888. The largest absolute Gasteiger partial charge is 0.480 e. The Morgan fingerprint density at radius 3 is 3.00 bits per heavy atom. The van der Waals surface area contributed by atoms with Crippen molar-refractivity contribution in [1.82, 2.24) is 4.90 Å². The zero-order valence-corrected chi connectivity index (χ0v) is 10.7. The van der Waals surface area contributed by atoms with Crippen LogP contribution in [0, 0.1) is 0 Å². The van der Waals surface area contributed by atoms with Crippen LogP contribution >= 0.6 is 0 Å². The van der Waals surface area contributed by atoms with Crippen LogP contribution in [0.15, 0.2) is 24.3 Å². The molecule has 0 amide bonds. The summed E-state index contributed by atoms with van der Waals surface area (Å²) >= 11 is 0. The summed E-state index contributed by atoms with van der Waals surface area (Å²) < 4.78 is 0. The summed E-state index contributed by atoms with van der Waals surface area (Å²) in [5.41, 5.74) is 2.20. The van der Waals surface area contributed by atoms with Crippen LogP contribution in [-0.4, -0.2) is 34.6 Å². The summed E-state index contributed by atoms with van der Waals surface area (Å²) in [4.78, 5) is 13.6. The van der Waals surface area contributed by atoms with Crippen LogP contribution in [0.25, 0.3) is 0 Å². The zero-order chi connectivity index (χ0) is 12.8. The number of nitrogens with zero attached hydrogens (tertiary/aromatic N) is 1. The number of rotatable bonds is 3. The van der Waals surface area contributed by atoms with Crippen LogP contribution in [0.4, 0.5) is 0 Å². The molecule has 1 N–H and O–H groups in total. The van der Waals surface area contributed by atoms with Gasteiger partial charge in [0.2, 0.25) is 0 Å². The molecule has 1 saturated heterocycles. The van der Waals surface area contributed by atoms with Crippen LogP contribution in [0.2, 0.25) is 0 Å². The Hall–Kier alpha value is -1.35. The van der Waals surface area contributed by atoms with Gasteiger partial charge in [-0.3, -0.25) is 9.69 Å². The van der Waals surface area contributed by atoms with E-state index in [0.29, 0.717) is 5.92 Å². The molecule has 3 heteroatoms. The smallest absolute Gasteiger partial charge is 0.323 e. The van der Waals surface area contributed by atoms with Gasteiger partial charge in [0.1, 0.15) is 5.54 Å². The van der Waals surface area contributed by atoms with Crippen molar-refractivity contribution < 1.29 is 9.90 Å². The molecule has 1 fully saturated rings. The summed E-state index contributed by atoms with van der Waals surface area (Å²) in [6.45, 7) is 3.67. The Morgan fingerprint density at radius 2 is 2.28 bits per heavy atom. The van der Waals surface area contributed by atoms with Gasteiger partial charge in [-0.2, -0.15) is 0 Å². The van der Waals surface area contributed by atoms with Gasteiger partial charge in [-0.1, -0.05) is 24.3 Å². The van der Waals surface area contributed by atoms with Gasteiger partial charge in [0, 0.05) is 12.5 Å². The van der Waals surface area contributed by atoms with Gasteiger partial charge in [-0.25, -0.2) is 0 Å². The summed E-state index contributed by atoms with van der Waals surface area (Å²) in [6.07, 6.45) is 2.87. The van der Waals surface area contributed by atoms with Crippen molar-refractivity contribution in [1.29, 1.82) is 0 Å². The molecule has 0 radical (unpaired) electrons. The van der Waals surface area contributed by atoms with E-state index in [1.54, 1.807) is 0 Å². The third-order valence-electron chi connectivity index (χ3n) is 4.65. The van der Waals surface area contributed by atoms with E-state index in [9.17, 15) is 9.90 Å². The second-order valence-electron chi connectivity index (χ2n) is 5.73. The Labute approximate surface area is 107 Å². The fourth-order valence-corrected chi connectivity index (χ4v) is 3.35. The third-order valence-corrected chi connectivity index (χ3v) is 4.65. The predicted molar refractivity (Wildman–Crippen MR) is 69.7 cm³/mol. The first-order valence-electron chi connectivity index (χ1n) is 6.67. The number of hydrogen-bond acceptors (Lipinski definition) is 2. The molecule has 1 heterocycles. The second kappa shape index (κ2) is 4.09. The number of carboxylic acids is 1. The molecular formula is C15H19NO2. The number of aliphatic carboxylic acids is 1. The fourth-order valence-electron chi connectivity index (χ4n) is 3.35. The molecule has 2 unspecified atom stereocenters. The zero-order valence-electron chi connectivity index (χ0n) is 10.7. The van der Waals surface area contributed by atoms with Crippen molar-refractivity contribution in [3.05, 3.63) is 35.4 Å². The number of benzene rings is 1. The normalized spacial score (nSPS) is 30.8. The van der Waals surface area contributed by atoms with Crippen molar-refractivity contribution in [2.45, 2.75) is 37.6 Å². The molecule has 1 aliphatic carbocycles. The number of fused-ring (bicyclic) bond motifs is 1. The minimum Gasteiger partial charge on any atom is -0.480 e. The summed E-state index contributed by atoms with van der Waals surface area (Å²) in [5.74, 6) is -0.148. The molecular weight excluding hydrogens is 226 g/mol. The molecule has 3 nitrogen and oxygen atoms in total. The summed E-state index contributed by atoms with van der Waals surface area (Å²) in [7, 11) is 0. The maximum atomic E-state index is 11.4.